The lowest BCUT2D eigenvalue weighted by atomic mass is 10.2. The molecule has 1 aromatic rings. The van der Waals surface area contributed by atoms with Crippen LogP contribution in [0.15, 0.2) is 34.2 Å². The van der Waals surface area contributed by atoms with E-state index in [2.05, 4.69) is 4.99 Å². The topological polar surface area (TPSA) is 99.3 Å². The van der Waals surface area contributed by atoms with Gasteiger partial charge >= 0.3 is 6.03 Å². The van der Waals surface area contributed by atoms with E-state index in [9.17, 15) is 13.2 Å². The fourth-order valence-electron chi connectivity index (χ4n) is 1.66. The van der Waals surface area contributed by atoms with Gasteiger partial charge in [0.15, 0.2) is 0 Å². The number of urea groups is 1. The number of nitrogens with zero attached hydrogens (tertiary/aromatic N) is 4. The van der Waals surface area contributed by atoms with Gasteiger partial charge in [-0.3, -0.25) is 0 Å². The molecule has 0 heterocycles. The van der Waals surface area contributed by atoms with Gasteiger partial charge < -0.3 is 9.80 Å². The number of guanidine groups is 1. The number of carbonyl (C=O) groups is 1. The normalized spacial score (nSPS) is 10.8. The van der Waals surface area contributed by atoms with E-state index < -0.39 is 16.1 Å². The third kappa shape index (κ3) is 3.95. The predicted molar refractivity (Wildman–Crippen MR) is 84.6 cm³/mol. The summed E-state index contributed by atoms with van der Waals surface area (Å²) in [6.07, 6.45) is 0. The second-order valence-corrected chi connectivity index (χ2v) is 6.91. The molecule has 9 heteroatoms. The first kappa shape index (κ1) is 17.9. The molecule has 0 saturated carbocycles. The molecule has 1 rings (SSSR count). The smallest absolute Gasteiger partial charge is 0.349 e. The number of aliphatic imine (C=N–C) groups is 1. The number of amides is 2. The molecule has 0 aliphatic rings. The zero-order chi connectivity index (χ0) is 17.1. The lowest BCUT2D eigenvalue weighted by molar-refractivity contribution is 0.232. The van der Waals surface area contributed by atoms with Gasteiger partial charge in [-0.2, -0.15) is 13.4 Å². The van der Waals surface area contributed by atoms with Crippen molar-refractivity contribution in [1.82, 2.24) is 14.2 Å². The Labute approximate surface area is 130 Å². The lowest BCUT2D eigenvalue weighted by Crippen LogP contribution is -2.43. The van der Waals surface area contributed by atoms with Crippen molar-refractivity contribution in [3.8, 4) is 0 Å². The zero-order valence-corrected chi connectivity index (χ0v) is 14.1. The van der Waals surface area contributed by atoms with Crippen LogP contribution >= 0.6 is 0 Å². The van der Waals surface area contributed by atoms with Crippen molar-refractivity contribution in [1.29, 1.82) is 0 Å². The molecule has 0 radical (unpaired) electrons. The van der Waals surface area contributed by atoms with Crippen LogP contribution in [0.3, 0.4) is 0 Å². The monoisotopic (exact) mass is 327 g/mol. The standard InChI is InChI=1S/C13H21N5O3S/c1-10-6-8-11(9-7-10)22(20,21)18(14)13(19)15-12(16(2)3)17(4)5/h6-9H,14H2,1-5H3. The maximum atomic E-state index is 12.3. The van der Waals surface area contributed by atoms with Gasteiger partial charge in [0.2, 0.25) is 5.96 Å². The molecule has 0 fully saturated rings. The Morgan fingerprint density at radius 2 is 1.50 bits per heavy atom. The van der Waals surface area contributed by atoms with Crippen molar-refractivity contribution < 1.29 is 13.2 Å². The molecule has 122 valence electrons. The molecule has 0 aliphatic heterocycles. The summed E-state index contributed by atoms with van der Waals surface area (Å²) in [6.45, 7) is 1.83. The quantitative estimate of drug-likeness (QED) is 0.278. The average molecular weight is 327 g/mol. The molecule has 8 nitrogen and oxygen atoms in total. The van der Waals surface area contributed by atoms with Crippen molar-refractivity contribution >= 4 is 22.0 Å². The van der Waals surface area contributed by atoms with Crippen LogP contribution in [0, 0.1) is 6.92 Å². The average Bonchev–Trinajstić information content (AvgIpc) is 2.43. The molecule has 0 aromatic heterocycles. The molecular formula is C13H21N5O3S. The van der Waals surface area contributed by atoms with E-state index in [1.165, 1.54) is 12.1 Å². The van der Waals surface area contributed by atoms with Gasteiger partial charge in [-0.05, 0) is 19.1 Å². The first-order chi connectivity index (χ1) is 10.1. The zero-order valence-electron chi connectivity index (χ0n) is 13.3. The number of carbonyl (C=O) groups excluding carboxylic acids is 1. The van der Waals surface area contributed by atoms with Gasteiger partial charge in [0.05, 0.1) is 4.90 Å². The number of nitrogens with two attached hydrogens (primary N) is 1. The van der Waals surface area contributed by atoms with Gasteiger partial charge in [-0.15, -0.1) is 4.41 Å². The highest BCUT2D eigenvalue weighted by atomic mass is 32.2. The molecule has 0 bridgehead atoms. The molecule has 0 unspecified atom stereocenters. The number of sulfonamides is 1. The van der Waals surface area contributed by atoms with Crippen molar-refractivity contribution in [2.75, 3.05) is 28.2 Å². The Kier molecular flexibility index (Phi) is 5.50. The molecule has 22 heavy (non-hydrogen) atoms. The number of hydrogen-bond donors (Lipinski definition) is 1. The van der Waals surface area contributed by atoms with Crippen LogP contribution in [-0.2, 0) is 10.0 Å². The highest BCUT2D eigenvalue weighted by Crippen LogP contribution is 2.14. The van der Waals surface area contributed by atoms with Crippen LogP contribution in [0.5, 0.6) is 0 Å². The van der Waals surface area contributed by atoms with E-state index in [1.54, 1.807) is 50.1 Å². The second kappa shape index (κ2) is 6.75. The SMILES string of the molecule is Cc1ccc(S(=O)(=O)N(N)C(=O)N=C(N(C)C)N(C)C)cc1. The predicted octanol–water partition coefficient (Wildman–Crippen LogP) is 0.459. The van der Waals surface area contributed by atoms with E-state index >= 15 is 0 Å². The number of benzene rings is 1. The number of hydrazine groups is 1. The maximum Gasteiger partial charge on any atom is 0.375 e. The Hall–Kier alpha value is -2.13. The Morgan fingerprint density at radius 3 is 1.91 bits per heavy atom. The van der Waals surface area contributed by atoms with Crippen molar-refractivity contribution in [3.63, 3.8) is 0 Å². The summed E-state index contributed by atoms with van der Waals surface area (Å²) in [5, 5.41) is 0. The largest absolute Gasteiger partial charge is 0.375 e. The fraction of sp³-hybridized carbons (Fsp3) is 0.385. The second-order valence-electron chi connectivity index (χ2n) is 5.10. The third-order valence-electron chi connectivity index (χ3n) is 2.76. The van der Waals surface area contributed by atoms with Gasteiger partial charge in [0, 0.05) is 28.2 Å². The Balaban J connectivity index is 3.13. The van der Waals surface area contributed by atoms with Crippen LogP contribution in [0.1, 0.15) is 5.56 Å². The van der Waals surface area contributed by atoms with E-state index in [-0.39, 0.29) is 15.3 Å². The van der Waals surface area contributed by atoms with Crippen molar-refractivity contribution in [2.45, 2.75) is 11.8 Å². The first-order valence-electron chi connectivity index (χ1n) is 6.41. The van der Waals surface area contributed by atoms with Gasteiger partial charge in [0.25, 0.3) is 10.0 Å². The molecule has 2 N–H and O–H groups in total. The molecule has 0 saturated heterocycles. The summed E-state index contributed by atoms with van der Waals surface area (Å²) in [5.41, 5.74) is 0.898. The summed E-state index contributed by atoms with van der Waals surface area (Å²) in [7, 11) is 2.59. The van der Waals surface area contributed by atoms with E-state index in [0.29, 0.717) is 0 Å². The van der Waals surface area contributed by atoms with Gasteiger partial charge in [-0.25, -0.2) is 10.6 Å². The highest BCUT2D eigenvalue weighted by Gasteiger charge is 2.27. The number of aryl methyl sites for hydroxylation is 1. The summed E-state index contributed by atoms with van der Waals surface area (Å²) < 4.78 is 24.7. The lowest BCUT2D eigenvalue weighted by Gasteiger charge is -2.23. The van der Waals surface area contributed by atoms with Gasteiger partial charge in [-0.1, -0.05) is 17.7 Å². The van der Waals surface area contributed by atoms with Crippen LogP contribution < -0.4 is 5.84 Å². The molecule has 2 amide bonds. The van der Waals surface area contributed by atoms with Gasteiger partial charge in [0.1, 0.15) is 0 Å². The minimum absolute atomic E-state index is 0.0691. The van der Waals surface area contributed by atoms with Crippen molar-refractivity contribution in [2.24, 2.45) is 10.8 Å². The van der Waals surface area contributed by atoms with Crippen LogP contribution in [0.2, 0.25) is 0 Å². The van der Waals surface area contributed by atoms with E-state index in [0.717, 1.165) is 5.56 Å². The minimum atomic E-state index is -4.13. The summed E-state index contributed by atoms with van der Waals surface area (Å²) in [4.78, 5) is 18.8. The Morgan fingerprint density at radius 1 is 1.05 bits per heavy atom. The fourth-order valence-corrected chi connectivity index (χ4v) is 2.62. The first-order valence-corrected chi connectivity index (χ1v) is 7.85. The van der Waals surface area contributed by atoms with Crippen LogP contribution in [0.25, 0.3) is 0 Å². The molecule has 0 spiro atoms. The maximum absolute atomic E-state index is 12.3. The molecular weight excluding hydrogens is 306 g/mol. The third-order valence-corrected chi connectivity index (χ3v) is 4.30. The summed E-state index contributed by atoms with van der Waals surface area (Å²) >= 11 is 0. The molecule has 1 aromatic carbocycles. The minimum Gasteiger partial charge on any atom is -0.349 e. The van der Waals surface area contributed by atoms with E-state index in [4.69, 9.17) is 5.84 Å². The van der Waals surface area contributed by atoms with E-state index in [1.807, 2.05) is 6.92 Å². The number of hydrogen-bond acceptors (Lipinski definition) is 4. The van der Waals surface area contributed by atoms with Crippen LogP contribution in [0.4, 0.5) is 4.79 Å². The molecule has 0 atom stereocenters. The van der Waals surface area contributed by atoms with Crippen LogP contribution in [-0.4, -0.2) is 62.8 Å². The summed E-state index contributed by atoms with van der Waals surface area (Å²) in [5.74, 6) is 5.74. The summed E-state index contributed by atoms with van der Waals surface area (Å²) in [6, 6.07) is 4.96. The molecule has 0 aliphatic carbocycles. The van der Waals surface area contributed by atoms with Crippen molar-refractivity contribution in [3.05, 3.63) is 29.8 Å². The Bertz CT molecular complexity index is 655. The highest BCUT2D eigenvalue weighted by molar-refractivity contribution is 7.89. The number of rotatable bonds is 2.